The second kappa shape index (κ2) is 6.20. The van der Waals surface area contributed by atoms with E-state index in [9.17, 15) is 21.6 Å². The highest BCUT2D eigenvalue weighted by Gasteiger charge is 2.34. The van der Waals surface area contributed by atoms with E-state index in [1.54, 1.807) is 0 Å². The van der Waals surface area contributed by atoms with Crippen LogP contribution in [0.25, 0.3) is 0 Å². The van der Waals surface area contributed by atoms with Gasteiger partial charge in [0.15, 0.2) is 0 Å². The molecule has 118 valence electrons. The zero-order valence-electron chi connectivity index (χ0n) is 10.9. The van der Waals surface area contributed by atoms with Crippen molar-refractivity contribution in [3.05, 3.63) is 24.3 Å². The molecule has 1 aliphatic heterocycles. The largest absolute Gasteiger partial charge is 0.573 e. The summed E-state index contributed by atoms with van der Waals surface area (Å²) in [6, 6.07) is 4.62. The number of para-hydroxylation sites is 1. The van der Waals surface area contributed by atoms with Crippen LogP contribution in [0.5, 0.6) is 5.75 Å². The summed E-state index contributed by atoms with van der Waals surface area (Å²) < 4.78 is 72.2. The summed E-state index contributed by atoms with van der Waals surface area (Å²) in [5, 5.41) is 0. The molecule has 0 saturated carbocycles. The van der Waals surface area contributed by atoms with Crippen molar-refractivity contribution in [3.63, 3.8) is 0 Å². The first kappa shape index (κ1) is 16.1. The molecular formula is C12H14F3NO4S. The van der Waals surface area contributed by atoms with E-state index in [0.717, 1.165) is 12.1 Å². The van der Waals surface area contributed by atoms with Gasteiger partial charge in [0.05, 0.1) is 6.61 Å². The van der Waals surface area contributed by atoms with Crippen molar-refractivity contribution in [1.29, 1.82) is 0 Å². The number of ether oxygens (including phenoxy) is 2. The molecule has 1 N–H and O–H groups in total. The molecule has 0 spiro atoms. The van der Waals surface area contributed by atoms with E-state index in [2.05, 4.69) is 9.46 Å². The Balaban J connectivity index is 2.15. The van der Waals surface area contributed by atoms with Crippen LogP contribution in [0.4, 0.5) is 13.2 Å². The third-order valence-corrected chi connectivity index (χ3v) is 4.41. The summed E-state index contributed by atoms with van der Waals surface area (Å²) in [5.41, 5.74) is 0. The Labute approximate surface area is 120 Å². The van der Waals surface area contributed by atoms with Crippen LogP contribution in [0.2, 0.25) is 0 Å². The quantitative estimate of drug-likeness (QED) is 0.898. The maximum atomic E-state index is 12.3. The zero-order valence-corrected chi connectivity index (χ0v) is 11.7. The molecular weight excluding hydrogens is 311 g/mol. The van der Waals surface area contributed by atoms with E-state index in [1.165, 1.54) is 12.1 Å². The van der Waals surface area contributed by atoms with Gasteiger partial charge in [0, 0.05) is 13.2 Å². The van der Waals surface area contributed by atoms with Crippen LogP contribution in [0, 0.1) is 5.92 Å². The molecule has 2 rings (SSSR count). The van der Waals surface area contributed by atoms with Gasteiger partial charge in [-0.1, -0.05) is 12.1 Å². The minimum atomic E-state index is -4.95. The summed E-state index contributed by atoms with van der Waals surface area (Å²) in [6.45, 7) is 1.10. The average Bonchev–Trinajstić information content (AvgIpc) is 2.88. The van der Waals surface area contributed by atoms with Crippen LogP contribution >= 0.6 is 0 Å². The normalized spacial score (nSPS) is 19.7. The van der Waals surface area contributed by atoms with Gasteiger partial charge in [0.1, 0.15) is 10.6 Å². The SMILES string of the molecule is O=S(=O)(NC[C@H]1CCOC1)c1ccccc1OC(F)(F)F. The summed E-state index contributed by atoms with van der Waals surface area (Å²) in [7, 11) is -4.08. The maximum Gasteiger partial charge on any atom is 0.573 e. The molecule has 9 heteroatoms. The zero-order chi connectivity index (χ0) is 15.5. The van der Waals surface area contributed by atoms with E-state index >= 15 is 0 Å². The smallest absolute Gasteiger partial charge is 0.404 e. The number of halogens is 3. The van der Waals surface area contributed by atoms with Gasteiger partial charge >= 0.3 is 6.36 Å². The number of benzene rings is 1. The van der Waals surface area contributed by atoms with Gasteiger partial charge < -0.3 is 9.47 Å². The number of alkyl halides is 3. The molecule has 0 unspecified atom stereocenters. The van der Waals surface area contributed by atoms with Crippen LogP contribution in [-0.2, 0) is 14.8 Å². The van der Waals surface area contributed by atoms with Crippen LogP contribution < -0.4 is 9.46 Å². The molecule has 1 heterocycles. The lowest BCUT2D eigenvalue weighted by molar-refractivity contribution is -0.275. The van der Waals surface area contributed by atoms with E-state index in [0.29, 0.717) is 19.6 Å². The molecule has 0 aliphatic carbocycles. The van der Waals surface area contributed by atoms with E-state index < -0.39 is 27.0 Å². The predicted molar refractivity (Wildman–Crippen MR) is 67.2 cm³/mol. The van der Waals surface area contributed by atoms with Crippen molar-refractivity contribution in [3.8, 4) is 5.75 Å². The van der Waals surface area contributed by atoms with Crippen molar-refractivity contribution in [2.24, 2.45) is 5.92 Å². The fraction of sp³-hybridized carbons (Fsp3) is 0.500. The van der Waals surface area contributed by atoms with E-state index in [4.69, 9.17) is 4.74 Å². The Morgan fingerprint density at radius 2 is 2.05 bits per heavy atom. The molecule has 1 fully saturated rings. The van der Waals surface area contributed by atoms with Crippen molar-refractivity contribution in [1.82, 2.24) is 4.72 Å². The van der Waals surface area contributed by atoms with Gasteiger partial charge in [-0.05, 0) is 24.5 Å². The number of rotatable bonds is 5. The number of hydrogen-bond acceptors (Lipinski definition) is 4. The van der Waals surface area contributed by atoms with Crippen molar-refractivity contribution in [2.45, 2.75) is 17.7 Å². The lowest BCUT2D eigenvalue weighted by atomic mass is 10.1. The molecule has 21 heavy (non-hydrogen) atoms. The topological polar surface area (TPSA) is 64.6 Å². The lowest BCUT2D eigenvalue weighted by Gasteiger charge is -2.15. The highest BCUT2D eigenvalue weighted by Crippen LogP contribution is 2.29. The highest BCUT2D eigenvalue weighted by molar-refractivity contribution is 7.89. The second-order valence-electron chi connectivity index (χ2n) is 4.58. The highest BCUT2D eigenvalue weighted by atomic mass is 32.2. The Morgan fingerprint density at radius 1 is 1.33 bits per heavy atom. The molecule has 1 saturated heterocycles. The summed E-state index contributed by atoms with van der Waals surface area (Å²) in [5.74, 6) is -0.726. The molecule has 1 atom stereocenters. The molecule has 0 aromatic heterocycles. The standard InChI is InChI=1S/C12H14F3NO4S/c13-12(14,15)20-10-3-1-2-4-11(10)21(17,18)16-7-9-5-6-19-8-9/h1-4,9,16H,5-8H2/t9-/m1/s1. The Morgan fingerprint density at radius 3 is 2.67 bits per heavy atom. The minimum Gasteiger partial charge on any atom is -0.404 e. The van der Waals surface area contributed by atoms with Crippen LogP contribution in [-0.4, -0.2) is 34.5 Å². The molecule has 1 aliphatic rings. The molecule has 0 bridgehead atoms. The summed E-state index contributed by atoms with van der Waals surface area (Å²) in [4.78, 5) is -0.541. The second-order valence-corrected chi connectivity index (χ2v) is 6.31. The van der Waals surface area contributed by atoms with Gasteiger partial charge in [-0.25, -0.2) is 13.1 Å². The van der Waals surface area contributed by atoms with E-state index in [1.807, 2.05) is 0 Å². The third kappa shape index (κ3) is 4.58. The Kier molecular flexibility index (Phi) is 4.74. The Bertz CT molecular complexity index is 582. The van der Waals surface area contributed by atoms with Gasteiger partial charge in [-0.2, -0.15) is 0 Å². The first-order valence-corrected chi connectivity index (χ1v) is 7.68. The number of sulfonamides is 1. The maximum absolute atomic E-state index is 12.3. The summed E-state index contributed by atoms with van der Waals surface area (Å²) >= 11 is 0. The molecule has 0 amide bonds. The Hall–Kier alpha value is -1.32. The van der Waals surface area contributed by atoms with Crippen LogP contribution in [0.1, 0.15) is 6.42 Å². The molecule has 1 aromatic rings. The third-order valence-electron chi connectivity index (χ3n) is 2.95. The van der Waals surface area contributed by atoms with Gasteiger partial charge in [-0.3, -0.25) is 0 Å². The van der Waals surface area contributed by atoms with E-state index in [-0.39, 0.29) is 12.5 Å². The first-order chi connectivity index (χ1) is 9.78. The van der Waals surface area contributed by atoms with Gasteiger partial charge in [-0.15, -0.1) is 13.2 Å². The number of nitrogens with one attached hydrogen (secondary N) is 1. The monoisotopic (exact) mass is 325 g/mol. The van der Waals surface area contributed by atoms with Crippen LogP contribution in [0.3, 0.4) is 0 Å². The number of hydrogen-bond donors (Lipinski definition) is 1. The van der Waals surface area contributed by atoms with Gasteiger partial charge in [0.2, 0.25) is 10.0 Å². The fourth-order valence-corrected chi connectivity index (χ4v) is 3.17. The predicted octanol–water partition coefficient (Wildman–Crippen LogP) is 1.90. The van der Waals surface area contributed by atoms with Gasteiger partial charge in [0.25, 0.3) is 0 Å². The fourth-order valence-electron chi connectivity index (χ4n) is 1.93. The first-order valence-electron chi connectivity index (χ1n) is 6.20. The molecule has 5 nitrogen and oxygen atoms in total. The van der Waals surface area contributed by atoms with Crippen LogP contribution in [0.15, 0.2) is 29.2 Å². The molecule has 0 radical (unpaired) electrons. The van der Waals surface area contributed by atoms with Crippen molar-refractivity contribution in [2.75, 3.05) is 19.8 Å². The molecule has 1 aromatic carbocycles. The lowest BCUT2D eigenvalue weighted by Crippen LogP contribution is -2.30. The van der Waals surface area contributed by atoms with Crippen molar-refractivity contribution < 1.29 is 31.1 Å². The average molecular weight is 325 g/mol. The minimum absolute atomic E-state index is 0.0236. The van der Waals surface area contributed by atoms with Crippen molar-refractivity contribution >= 4 is 10.0 Å². The summed E-state index contributed by atoms with van der Waals surface area (Å²) in [6.07, 6.45) is -4.24.